The maximum atomic E-state index is 13.4. The molecule has 1 aliphatic carbocycles. The van der Waals surface area contributed by atoms with Gasteiger partial charge in [0.2, 0.25) is 0 Å². The van der Waals surface area contributed by atoms with Gasteiger partial charge in [0, 0.05) is 16.8 Å². The van der Waals surface area contributed by atoms with E-state index in [1.807, 2.05) is 0 Å². The van der Waals surface area contributed by atoms with Gasteiger partial charge in [-0.3, -0.25) is 23.5 Å². The summed E-state index contributed by atoms with van der Waals surface area (Å²) in [6.45, 7) is 1.18. The quantitative estimate of drug-likeness (QED) is 0.167. The third kappa shape index (κ3) is 4.82. The van der Waals surface area contributed by atoms with Crippen molar-refractivity contribution in [1.82, 2.24) is 0 Å². The van der Waals surface area contributed by atoms with Crippen LogP contribution in [0.25, 0.3) is 0 Å². The fraction of sp³-hybridized carbons (Fsp3) is 0.0870. The molecule has 0 aliphatic heterocycles. The van der Waals surface area contributed by atoms with E-state index >= 15 is 0 Å². The van der Waals surface area contributed by atoms with Gasteiger partial charge in [-0.05, 0) is 31.2 Å². The lowest BCUT2D eigenvalue weighted by molar-refractivity contribution is -0.115. The van der Waals surface area contributed by atoms with E-state index in [2.05, 4.69) is 10.6 Å². The van der Waals surface area contributed by atoms with E-state index in [0.717, 1.165) is 12.1 Å². The van der Waals surface area contributed by atoms with E-state index < -0.39 is 52.8 Å². The number of ketones is 3. The lowest BCUT2D eigenvalue weighted by Gasteiger charge is -2.24. The standard InChI is InChI=1S/C23H19N3O9S2/c1-11(27)10-25-12-6-7-15(17(8-12)36(30,31)32)26-16-9-18(37(33,34)35)21(24)20-19(16)22(28)13-4-2-3-5-14(13)23(20)29/h2-9,25-26H,10,24H2,1H3,(H,30,31,32)(H,33,34,35). The highest BCUT2D eigenvalue weighted by Gasteiger charge is 2.36. The molecule has 0 bridgehead atoms. The predicted octanol–water partition coefficient (Wildman–Crippen LogP) is 2.28. The molecule has 12 nitrogen and oxygen atoms in total. The fourth-order valence-electron chi connectivity index (χ4n) is 3.93. The minimum atomic E-state index is -5.00. The molecular weight excluding hydrogens is 526 g/mol. The molecule has 0 saturated carbocycles. The van der Waals surface area contributed by atoms with E-state index in [9.17, 15) is 40.3 Å². The Hall–Kier alpha value is -4.11. The van der Waals surface area contributed by atoms with Crippen LogP contribution in [0.2, 0.25) is 0 Å². The van der Waals surface area contributed by atoms with Gasteiger partial charge in [0.25, 0.3) is 20.2 Å². The van der Waals surface area contributed by atoms with Crippen molar-refractivity contribution in [3.05, 3.63) is 70.8 Å². The van der Waals surface area contributed by atoms with E-state index in [1.165, 1.54) is 43.3 Å². The number of rotatable bonds is 7. The van der Waals surface area contributed by atoms with E-state index in [1.54, 1.807) is 0 Å². The van der Waals surface area contributed by atoms with Crippen LogP contribution in [0.3, 0.4) is 0 Å². The lowest BCUT2D eigenvalue weighted by Crippen LogP contribution is -2.25. The van der Waals surface area contributed by atoms with Crippen LogP contribution >= 0.6 is 0 Å². The van der Waals surface area contributed by atoms with Gasteiger partial charge in [-0.1, -0.05) is 24.3 Å². The van der Waals surface area contributed by atoms with Gasteiger partial charge in [0.05, 0.1) is 34.7 Å². The van der Waals surface area contributed by atoms with Gasteiger partial charge in [-0.15, -0.1) is 0 Å². The van der Waals surface area contributed by atoms with Crippen LogP contribution in [0.1, 0.15) is 38.8 Å². The highest BCUT2D eigenvalue weighted by molar-refractivity contribution is 7.86. The van der Waals surface area contributed by atoms with Crippen molar-refractivity contribution in [3.8, 4) is 0 Å². The molecular formula is C23H19N3O9S2. The molecule has 0 saturated heterocycles. The summed E-state index contributed by atoms with van der Waals surface area (Å²) in [5.74, 6) is -1.74. The molecule has 3 aromatic rings. The predicted molar refractivity (Wildman–Crippen MR) is 133 cm³/mol. The van der Waals surface area contributed by atoms with Crippen LogP contribution in [-0.4, -0.2) is 49.8 Å². The molecule has 1 aliphatic rings. The molecule has 0 unspecified atom stereocenters. The average molecular weight is 546 g/mol. The van der Waals surface area contributed by atoms with Crippen molar-refractivity contribution in [3.63, 3.8) is 0 Å². The summed E-state index contributed by atoms with van der Waals surface area (Å²) in [5.41, 5.74) is 3.88. The second-order valence-corrected chi connectivity index (χ2v) is 10.9. The molecule has 0 atom stereocenters. The maximum Gasteiger partial charge on any atom is 0.296 e. The number of nitrogen functional groups attached to an aromatic ring is 1. The Morgan fingerprint density at radius 3 is 1.95 bits per heavy atom. The minimum absolute atomic E-state index is 0.000777. The van der Waals surface area contributed by atoms with E-state index in [0.29, 0.717) is 0 Å². The molecule has 3 aromatic carbocycles. The van der Waals surface area contributed by atoms with Gasteiger partial charge in [-0.2, -0.15) is 16.8 Å². The molecule has 0 fully saturated rings. The zero-order valence-electron chi connectivity index (χ0n) is 19.0. The Labute approximate surface area is 211 Å². The van der Waals surface area contributed by atoms with Crippen LogP contribution in [0.5, 0.6) is 0 Å². The second kappa shape index (κ2) is 9.08. The Bertz CT molecular complexity index is 1730. The monoisotopic (exact) mass is 545 g/mol. The van der Waals surface area contributed by atoms with Crippen molar-refractivity contribution in [1.29, 1.82) is 0 Å². The largest absolute Gasteiger partial charge is 0.397 e. The first-order valence-corrected chi connectivity index (χ1v) is 13.3. The first-order valence-electron chi connectivity index (χ1n) is 10.4. The number of hydrogen-bond acceptors (Lipinski definition) is 10. The molecule has 192 valence electrons. The van der Waals surface area contributed by atoms with Crippen LogP contribution in [0.4, 0.5) is 22.7 Å². The van der Waals surface area contributed by atoms with Gasteiger partial charge in [-0.25, -0.2) is 0 Å². The summed E-state index contributed by atoms with van der Waals surface area (Å²) in [6.07, 6.45) is 0. The average Bonchev–Trinajstić information content (AvgIpc) is 2.81. The zero-order valence-corrected chi connectivity index (χ0v) is 20.6. The van der Waals surface area contributed by atoms with Crippen molar-refractivity contribution < 1.29 is 40.3 Å². The molecule has 4 rings (SSSR count). The minimum Gasteiger partial charge on any atom is -0.397 e. The summed E-state index contributed by atoms with van der Waals surface area (Å²) >= 11 is 0. The molecule has 6 N–H and O–H groups in total. The summed E-state index contributed by atoms with van der Waals surface area (Å²) in [7, 11) is -9.89. The van der Waals surface area contributed by atoms with E-state index in [-0.39, 0.29) is 46.1 Å². The Morgan fingerprint density at radius 1 is 0.838 bits per heavy atom. The number of carbonyl (C=O) groups is 3. The van der Waals surface area contributed by atoms with Crippen LogP contribution in [0, 0.1) is 0 Å². The molecule has 0 amide bonds. The second-order valence-electron chi connectivity index (χ2n) is 8.13. The Kier molecular flexibility index (Phi) is 6.37. The summed E-state index contributed by atoms with van der Waals surface area (Å²) in [5, 5.41) is 5.26. The third-order valence-corrected chi connectivity index (χ3v) is 7.34. The highest BCUT2D eigenvalue weighted by Crippen LogP contribution is 2.41. The number of benzene rings is 3. The van der Waals surface area contributed by atoms with Gasteiger partial charge in [0.15, 0.2) is 11.6 Å². The highest BCUT2D eigenvalue weighted by atomic mass is 32.2. The molecule has 14 heteroatoms. The molecule has 0 radical (unpaired) electrons. The van der Waals surface area contributed by atoms with E-state index in [4.69, 9.17) is 5.73 Å². The fourth-order valence-corrected chi connectivity index (χ4v) is 5.25. The number of nitrogens with two attached hydrogens (primary N) is 1. The van der Waals surface area contributed by atoms with Crippen molar-refractivity contribution >= 4 is 60.3 Å². The number of Topliss-reactive ketones (excluding diaryl/α,β-unsaturated/α-hetero) is 1. The summed E-state index contributed by atoms with van der Waals surface area (Å²) in [4.78, 5) is 36.3. The third-order valence-electron chi connectivity index (χ3n) is 5.55. The van der Waals surface area contributed by atoms with Crippen molar-refractivity contribution in [2.24, 2.45) is 0 Å². The van der Waals surface area contributed by atoms with Gasteiger partial charge in [0.1, 0.15) is 15.6 Å². The first-order chi connectivity index (χ1) is 17.2. The topological polar surface area (TPSA) is 210 Å². The Morgan fingerprint density at radius 2 is 1.41 bits per heavy atom. The number of anilines is 4. The van der Waals surface area contributed by atoms with Crippen LogP contribution < -0.4 is 16.4 Å². The SMILES string of the molecule is CC(=O)CNc1ccc(Nc2cc(S(=O)(=O)O)c(N)c3c2C(=O)c2ccccc2C3=O)c(S(=O)(=O)O)c1. The van der Waals surface area contributed by atoms with Gasteiger partial charge < -0.3 is 16.4 Å². The molecule has 0 spiro atoms. The molecule has 0 aromatic heterocycles. The molecule has 0 heterocycles. The number of nitrogens with one attached hydrogen (secondary N) is 2. The van der Waals surface area contributed by atoms with Crippen molar-refractivity contribution in [2.45, 2.75) is 16.7 Å². The normalized spacial score (nSPS) is 13.1. The molecule has 37 heavy (non-hydrogen) atoms. The van der Waals surface area contributed by atoms with Crippen molar-refractivity contribution in [2.75, 3.05) is 22.9 Å². The number of carbonyl (C=O) groups excluding carboxylic acids is 3. The number of fused-ring (bicyclic) bond motifs is 2. The number of hydrogen-bond donors (Lipinski definition) is 5. The van der Waals surface area contributed by atoms with Crippen LogP contribution in [-0.2, 0) is 25.0 Å². The summed E-state index contributed by atoms with van der Waals surface area (Å²) in [6, 6.07) is 10.1. The zero-order chi connectivity index (χ0) is 27.3. The Balaban J connectivity index is 1.96. The smallest absolute Gasteiger partial charge is 0.296 e. The lowest BCUT2D eigenvalue weighted by atomic mass is 9.82. The van der Waals surface area contributed by atoms with Gasteiger partial charge >= 0.3 is 0 Å². The summed E-state index contributed by atoms with van der Waals surface area (Å²) < 4.78 is 67.9. The first kappa shape index (κ1) is 26.0. The van der Waals surface area contributed by atoms with Crippen LogP contribution in [0.15, 0.2) is 58.3 Å². The maximum absolute atomic E-state index is 13.4.